The molecule has 2 heterocycles. The van der Waals surface area contributed by atoms with Gasteiger partial charge in [0.2, 0.25) is 0 Å². The van der Waals surface area contributed by atoms with Gasteiger partial charge in [0.05, 0.1) is 6.26 Å². The summed E-state index contributed by atoms with van der Waals surface area (Å²) >= 11 is 0. The number of nitrogens with zero attached hydrogens (tertiary/aromatic N) is 1. The highest BCUT2D eigenvalue weighted by molar-refractivity contribution is 5.85. The van der Waals surface area contributed by atoms with Gasteiger partial charge in [0, 0.05) is 29.8 Å². The Morgan fingerprint density at radius 3 is 2.95 bits per heavy atom. The molecule has 3 heteroatoms. The number of aryl methyl sites for hydroxylation is 1. The summed E-state index contributed by atoms with van der Waals surface area (Å²) in [7, 11) is 0. The number of pyridine rings is 1. The molecular weight excluding hydrogens is 238 g/mol. The molecule has 0 saturated heterocycles. The molecule has 0 fully saturated rings. The fourth-order valence-electron chi connectivity index (χ4n) is 2.44. The lowest BCUT2D eigenvalue weighted by Crippen LogP contribution is -2.02. The molecule has 1 aromatic carbocycles. The van der Waals surface area contributed by atoms with Crippen LogP contribution in [0.4, 0.5) is 0 Å². The molecule has 2 aromatic heterocycles. The van der Waals surface area contributed by atoms with Crippen molar-refractivity contribution in [2.24, 2.45) is 0 Å². The molecule has 0 saturated carbocycles. The summed E-state index contributed by atoms with van der Waals surface area (Å²) in [6.07, 6.45) is 5.28. The molecule has 1 unspecified atom stereocenters. The van der Waals surface area contributed by atoms with Gasteiger partial charge in [-0.2, -0.15) is 0 Å². The monoisotopic (exact) mass is 253 g/mol. The van der Waals surface area contributed by atoms with E-state index in [1.165, 1.54) is 0 Å². The summed E-state index contributed by atoms with van der Waals surface area (Å²) in [6.45, 7) is 2.02. The second kappa shape index (κ2) is 4.86. The summed E-state index contributed by atoms with van der Waals surface area (Å²) < 4.78 is 5.40. The number of aliphatic hydroxyl groups excluding tert-OH is 1. The van der Waals surface area contributed by atoms with Crippen LogP contribution in [0.3, 0.4) is 0 Å². The molecular formula is C16H15NO2. The molecule has 19 heavy (non-hydrogen) atoms. The first kappa shape index (κ1) is 11.9. The van der Waals surface area contributed by atoms with E-state index in [1.807, 2.05) is 43.5 Å². The highest BCUT2D eigenvalue weighted by atomic mass is 16.3. The van der Waals surface area contributed by atoms with Gasteiger partial charge in [0.25, 0.3) is 0 Å². The zero-order chi connectivity index (χ0) is 13.2. The summed E-state index contributed by atoms with van der Waals surface area (Å²) in [5.41, 5.74) is 1.72. The second-order valence-corrected chi connectivity index (χ2v) is 4.50. The number of benzene rings is 1. The van der Waals surface area contributed by atoms with Crippen molar-refractivity contribution in [2.75, 3.05) is 0 Å². The van der Waals surface area contributed by atoms with Gasteiger partial charge in [0.15, 0.2) is 0 Å². The van der Waals surface area contributed by atoms with Crippen molar-refractivity contribution in [3.63, 3.8) is 0 Å². The normalized spacial score (nSPS) is 12.7. The molecule has 0 bridgehead atoms. The second-order valence-electron chi connectivity index (χ2n) is 4.50. The Morgan fingerprint density at radius 2 is 2.11 bits per heavy atom. The van der Waals surface area contributed by atoms with Crippen molar-refractivity contribution in [2.45, 2.75) is 19.4 Å². The molecule has 3 rings (SSSR count). The van der Waals surface area contributed by atoms with Crippen molar-refractivity contribution < 1.29 is 9.52 Å². The lowest BCUT2D eigenvalue weighted by Gasteiger charge is -2.13. The third kappa shape index (κ3) is 2.02. The average molecular weight is 253 g/mol. The molecule has 0 radical (unpaired) electrons. The number of fused-ring (bicyclic) bond motifs is 1. The Bertz CT molecular complexity index is 697. The molecule has 96 valence electrons. The third-order valence-electron chi connectivity index (χ3n) is 3.40. The Labute approximate surface area is 111 Å². The van der Waals surface area contributed by atoms with E-state index in [-0.39, 0.29) is 0 Å². The van der Waals surface area contributed by atoms with Crippen LogP contribution in [0.2, 0.25) is 0 Å². The summed E-state index contributed by atoms with van der Waals surface area (Å²) in [5, 5.41) is 12.7. The first-order valence-electron chi connectivity index (χ1n) is 6.38. The maximum atomic E-state index is 10.6. The van der Waals surface area contributed by atoms with E-state index in [4.69, 9.17) is 4.42 Å². The Kier molecular flexibility index (Phi) is 3.05. The average Bonchev–Trinajstić information content (AvgIpc) is 2.94. The van der Waals surface area contributed by atoms with E-state index in [0.717, 1.165) is 34.1 Å². The van der Waals surface area contributed by atoms with Crippen LogP contribution in [0.15, 0.2) is 53.4 Å². The van der Waals surface area contributed by atoms with Crippen LogP contribution in [-0.2, 0) is 6.42 Å². The number of aliphatic hydroxyl groups is 1. The Balaban J connectivity index is 2.14. The van der Waals surface area contributed by atoms with Crippen LogP contribution in [0, 0.1) is 0 Å². The predicted molar refractivity (Wildman–Crippen MR) is 73.9 cm³/mol. The van der Waals surface area contributed by atoms with E-state index in [0.29, 0.717) is 0 Å². The maximum absolute atomic E-state index is 10.6. The minimum atomic E-state index is -0.667. The predicted octanol–water partition coefficient (Wildman–Crippen LogP) is 3.47. The van der Waals surface area contributed by atoms with Gasteiger partial charge in [-0.1, -0.05) is 25.1 Å². The minimum Gasteiger partial charge on any atom is -0.469 e. The SMILES string of the molecule is CCc1occc1C(O)c1cccc2cnccc12. The van der Waals surface area contributed by atoms with Crippen LogP contribution in [-0.4, -0.2) is 10.1 Å². The van der Waals surface area contributed by atoms with Crippen molar-refractivity contribution in [3.8, 4) is 0 Å². The van der Waals surface area contributed by atoms with Crippen molar-refractivity contribution in [1.82, 2.24) is 4.98 Å². The van der Waals surface area contributed by atoms with E-state index < -0.39 is 6.10 Å². The van der Waals surface area contributed by atoms with Crippen molar-refractivity contribution >= 4 is 10.8 Å². The fraction of sp³-hybridized carbons (Fsp3) is 0.188. The molecule has 0 amide bonds. The van der Waals surface area contributed by atoms with Crippen LogP contribution in [0.5, 0.6) is 0 Å². The van der Waals surface area contributed by atoms with Crippen LogP contribution in [0.25, 0.3) is 10.8 Å². The number of hydrogen-bond acceptors (Lipinski definition) is 3. The van der Waals surface area contributed by atoms with Crippen molar-refractivity contribution in [3.05, 3.63) is 65.9 Å². The first-order valence-corrected chi connectivity index (χ1v) is 6.38. The van der Waals surface area contributed by atoms with Crippen LogP contribution in [0.1, 0.15) is 29.9 Å². The smallest absolute Gasteiger partial charge is 0.109 e. The van der Waals surface area contributed by atoms with Gasteiger partial charge >= 0.3 is 0 Å². The van der Waals surface area contributed by atoms with Gasteiger partial charge < -0.3 is 9.52 Å². The molecule has 0 spiro atoms. The highest BCUT2D eigenvalue weighted by Crippen LogP contribution is 2.30. The van der Waals surface area contributed by atoms with E-state index in [2.05, 4.69) is 4.98 Å². The molecule has 0 aliphatic heterocycles. The van der Waals surface area contributed by atoms with Gasteiger partial charge in [-0.05, 0) is 23.1 Å². The summed E-state index contributed by atoms with van der Waals surface area (Å²) in [4.78, 5) is 4.11. The number of hydrogen-bond donors (Lipinski definition) is 1. The van der Waals surface area contributed by atoms with Gasteiger partial charge in [0.1, 0.15) is 11.9 Å². The Morgan fingerprint density at radius 1 is 1.21 bits per heavy atom. The minimum absolute atomic E-state index is 0.667. The Hall–Kier alpha value is -2.13. The van der Waals surface area contributed by atoms with Gasteiger partial charge in [-0.3, -0.25) is 4.98 Å². The molecule has 3 aromatic rings. The van der Waals surface area contributed by atoms with Crippen LogP contribution < -0.4 is 0 Å². The molecule has 0 aliphatic rings. The zero-order valence-electron chi connectivity index (χ0n) is 10.7. The van der Waals surface area contributed by atoms with E-state index in [1.54, 1.807) is 12.5 Å². The molecule has 1 N–H and O–H groups in total. The standard InChI is InChI=1S/C16H15NO2/c1-2-15-14(7-9-19-15)16(18)13-5-3-4-11-10-17-8-6-12(11)13/h3-10,16,18H,2H2,1H3. The van der Waals surface area contributed by atoms with Crippen molar-refractivity contribution in [1.29, 1.82) is 0 Å². The molecule has 1 atom stereocenters. The number of rotatable bonds is 3. The van der Waals surface area contributed by atoms with Gasteiger partial charge in [-0.15, -0.1) is 0 Å². The summed E-state index contributed by atoms with van der Waals surface area (Å²) in [6, 6.07) is 9.64. The van der Waals surface area contributed by atoms with E-state index >= 15 is 0 Å². The number of furan rings is 1. The summed E-state index contributed by atoms with van der Waals surface area (Å²) in [5.74, 6) is 0.832. The lowest BCUT2D eigenvalue weighted by molar-refractivity contribution is 0.219. The lowest BCUT2D eigenvalue weighted by atomic mass is 9.96. The quantitative estimate of drug-likeness (QED) is 0.777. The zero-order valence-corrected chi connectivity index (χ0v) is 10.7. The first-order chi connectivity index (χ1) is 9.31. The number of aromatic nitrogens is 1. The van der Waals surface area contributed by atoms with Gasteiger partial charge in [-0.25, -0.2) is 0 Å². The fourth-order valence-corrected chi connectivity index (χ4v) is 2.44. The van der Waals surface area contributed by atoms with E-state index in [9.17, 15) is 5.11 Å². The molecule has 3 nitrogen and oxygen atoms in total. The van der Waals surface area contributed by atoms with Crippen LogP contribution >= 0.6 is 0 Å². The topological polar surface area (TPSA) is 46.3 Å². The highest BCUT2D eigenvalue weighted by Gasteiger charge is 2.18. The largest absolute Gasteiger partial charge is 0.469 e. The maximum Gasteiger partial charge on any atom is 0.109 e. The third-order valence-corrected chi connectivity index (χ3v) is 3.40. The molecule has 0 aliphatic carbocycles.